The van der Waals surface area contributed by atoms with E-state index in [4.69, 9.17) is 9.47 Å². The number of alkyl halides is 1. The summed E-state index contributed by atoms with van der Waals surface area (Å²) in [5.41, 5.74) is 1.50. The summed E-state index contributed by atoms with van der Waals surface area (Å²) in [6.45, 7) is 9.04. The largest absolute Gasteiger partial charge is 0.379 e. The Morgan fingerprint density at radius 2 is 1.39 bits per heavy atom. The molecule has 2 aromatic carbocycles. The second kappa shape index (κ2) is 11.9. The van der Waals surface area contributed by atoms with E-state index in [-0.39, 0.29) is 0 Å². The number of hydrogen-bond acceptors (Lipinski definition) is 3. The molecule has 2 aromatic rings. The average molecular weight is 388 g/mol. The Hall–Kier alpha value is -1.75. The minimum Gasteiger partial charge on any atom is -0.379 e. The lowest BCUT2D eigenvalue weighted by molar-refractivity contribution is -0.0948. The van der Waals surface area contributed by atoms with E-state index in [1.54, 1.807) is 0 Å². The maximum absolute atomic E-state index is 15.2. The molecule has 0 fully saturated rings. The Kier molecular flexibility index (Phi) is 9.62. The maximum Gasteiger partial charge on any atom is 0.141 e. The van der Waals surface area contributed by atoms with Crippen LogP contribution in [0.2, 0.25) is 0 Å². The van der Waals surface area contributed by atoms with Gasteiger partial charge in [-0.05, 0) is 31.4 Å². The standard InChI is InChI=1S/C24H34FNO2/c1-4-15-27-16-17-28-24(2,3)23(25)20-26(18-21-11-7-5-8-12-21)19-22-13-9-6-10-14-22/h5-14,23H,4,15-20H2,1-3H3. The van der Waals surface area contributed by atoms with Gasteiger partial charge in [0.2, 0.25) is 0 Å². The second-order valence-corrected chi connectivity index (χ2v) is 7.67. The van der Waals surface area contributed by atoms with Gasteiger partial charge in [0.05, 0.1) is 18.8 Å². The summed E-state index contributed by atoms with van der Waals surface area (Å²) in [6, 6.07) is 20.4. The minimum absolute atomic E-state index is 0.312. The summed E-state index contributed by atoms with van der Waals surface area (Å²) >= 11 is 0. The van der Waals surface area contributed by atoms with Gasteiger partial charge in [0.25, 0.3) is 0 Å². The molecule has 4 heteroatoms. The molecular weight excluding hydrogens is 353 g/mol. The van der Waals surface area contributed by atoms with Crippen LogP contribution < -0.4 is 0 Å². The quantitative estimate of drug-likeness (QED) is 0.438. The Labute approximate surface area is 169 Å². The van der Waals surface area contributed by atoms with E-state index in [0.29, 0.717) is 39.5 Å². The molecule has 0 spiro atoms. The molecule has 0 aliphatic carbocycles. The lowest BCUT2D eigenvalue weighted by Crippen LogP contribution is -2.44. The van der Waals surface area contributed by atoms with Crippen molar-refractivity contribution >= 4 is 0 Å². The van der Waals surface area contributed by atoms with E-state index in [2.05, 4.69) is 36.1 Å². The normalized spacial score (nSPS) is 13.0. The van der Waals surface area contributed by atoms with Gasteiger partial charge in [0.1, 0.15) is 6.17 Å². The third kappa shape index (κ3) is 8.09. The Morgan fingerprint density at radius 3 is 1.89 bits per heavy atom. The fourth-order valence-corrected chi connectivity index (χ4v) is 3.02. The monoisotopic (exact) mass is 387 g/mol. The number of hydrogen-bond donors (Lipinski definition) is 0. The zero-order valence-electron chi connectivity index (χ0n) is 17.4. The summed E-state index contributed by atoms with van der Waals surface area (Å²) in [4.78, 5) is 2.15. The summed E-state index contributed by atoms with van der Waals surface area (Å²) in [5.74, 6) is 0. The molecular formula is C24H34FNO2. The van der Waals surface area contributed by atoms with Crippen molar-refractivity contribution in [2.75, 3.05) is 26.4 Å². The topological polar surface area (TPSA) is 21.7 Å². The summed E-state index contributed by atoms with van der Waals surface area (Å²) in [7, 11) is 0. The first kappa shape index (κ1) is 22.5. The van der Waals surface area contributed by atoms with E-state index < -0.39 is 11.8 Å². The van der Waals surface area contributed by atoms with Crippen LogP contribution in [-0.2, 0) is 22.6 Å². The van der Waals surface area contributed by atoms with E-state index >= 15 is 4.39 Å². The first-order valence-electron chi connectivity index (χ1n) is 10.2. The third-order valence-electron chi connectivity index (χ3n) is 4.72. The highest BCUT2D eigenvalue weighted by Gasteiger charge is 2.32. The van der Waals surface area contributed by atoms with Gasteiger partial charge in [-0.1, -0.05) is 67.6 Å². The van der Waals surface area contributed by atoms with Gasteiger partial charge in [-0.25, -0.2) is 4.39 Å². The van der Waals surface area contributed by atoms with Gasteiger partial charge in [-0.15, -0.1) is 0 Å². The smallest absolute Gasteiger partial charge is 0.141 e. The van der Waals surface area contributed by atoms with Gasteiger partial charge >= 0.3 is 0 Å². The Morgan fingerprint density at radius 1 is 0.857 bits per heavy atom. The molecule has 2 rings (SSSR count). The molecule has 0 aliphatic heterocycles. The molecule has 0 aromatic heterocycles. The molecule has 1 unspecified atom stereocenters. The molecule has 0 amide bonds. The van der Waals surface area contributed by atoms with Crippen LogP contribution in [0.25, 0.3) is 0 Å². The van der Waals surface area contributed by atoms with Crippen molar-refractivity contribution in [1.82, 2.24) is 4.90 Å². The molecule has 154 valence electrons. The second-order valence-electron chi connectivity index (χ2n) is 7.67. The van der Waals surface area contributed by atoms with E-state index in [1.165, 1.54) is 11.1 Å². The van der Waals surface area contributed by atoms with Gasteiger partial charge in [0.15, 0.2) is 0 Å². The van der Waals surface area contributed by atoms with Crippen LogP contribution in [0, 0.1) is 0 Å². The van der Waals surface area contributed by atoms with Crippen LogP contribution >= 0.6 is 0 Å². The molecule has 0 bridgehead atoms. The Balaban J connectivity index is 1.97. The van der Waals surface area contributed by atoms with Crippen molar-refractivity contribution in [1.29, 1.82) is 0 Å². The highest BCUT2D eigenvalue weighted by atomic mass is 19.1. The molecule has 0 N–H and O–H groups in total. The first-order chi connectivity index (χ1) is 13.5. The molecule has 28 heavy (non-hydrogen) atoms. The zero-order valence-corrected chi connectivity index (χ0v) is 17.4. The summed E-state index contributed by atoms with van der Waals surface area (Å²) in [6.07, 6.45) is -0.130. The fourth-order valence-electron chi connectivity index (χ4n) is 3.02. The van der Waals surface area contributed by atoms with Crippen molar-refractivity contribution in [2.45, 2.75) is 52.1 Å². The van der Waals surface area contributed by atoms with Crippen molar-refractivity contribution in [2.24, 2.45) is 0 Å². The van der Waals surface area contributed by atoms with Crippen LogP contribution in [0.3, 0.4) is 0 Å². The molecule has 0 saturated carbocycles. The number of nitrogens with zero attached hydrogens (tertiary/aromatic N) is 1. The Bertz CT molecular complexity index is 607. The predicted molar refractivity (Wildman–Crippen MR) is 113 cm³/mol. The van der Waals surface area contributed by atoms with Gasteiger partial charge in [-0.3, -0.25) is 4.90 Å². The highest BCUT2D eigenvalue weighted by Crippen LogP contribution is 2.21. The van der Waals surface area contributed by atoms with Crippen LogP contribution in [0.5, 0.6) is 0 Å². The van der Waals surface area contributed by atoms with E-state index in [0.717, 1.165) is 6.42 Å². The van der Waals surface area contributed by atoms with E-state index in [9.17, 15) is 0 Å². The predicted octanol–water partition coefficient (Wildman–Crippen LogP) is 5.25. The van der Waals surface area contributed by atoms with Gasteiger partial charge in [0, 0.05) is 26.2 Å². The van der Waals surface area contributed by atoms with Crippen molar-refractivity contribution < 1.29 is 13.9 Å². The van der Waals surface area contributed by atoms with Crippen LogP contribution in [-0.4, -0.2) is 43.0 Å². The third-order valence-corrected chi connectivity index (χ3v) is 4.72. The van der Waals surface area contributed by atoms with Crippen LogP contribution in [0.15, 0.2) is 60.7 Å². The molecule has 0 saturated heterocycles. The van der Waals surface area contributed by atoms with Crippen molar-refractivity contribution in [3.8, 4) is 0 Å². The summed E-state index contributed by atoms with van der Waals surface area (Å²) in [5, 5.41) is 0. The number of halogens is 1. The van der Waals surface area contributed by atoms with E-state index in [1.807, 2.05) is 50.2 Å². The highest BCUT2D eigenvalue weighted by molar-refractivity contribution is 5.17. The number of rotatable bonds is 13. The van der Waals surface area contributed by atoms with Crippen molar-refractivity contribution in [3.05, 3.63) is 71.8 Å². The first-order valence-corrected chi connectivity index (χ1v) is 10.2. The minimum atomic E-state index is -1.11. The average Bonchev–Trinajstić information content (AvgIpc) is 2.69. The van der Waals surface area contributed by atoms with Crippen LogP contribution in [0.4, 0.5) is 4.39 Å². The number of ether oxygens (including phenoxy) is 2. The van der Waals surface area contributed by atoms with Crippen molar-refractivity contribution in [3.63, 3.8) is 0 Å². The lowest BCUT2D eigenvalue weighted by atomic mass is 10.0. The van der Waals surface area contributed by atoms with Gasteiger partial charge in [-0.2, -0.15) is 0 Å². The lowest BCUT2D eigenvalue weighted by Gasteiger charge is -2.33. The number of benzene rings is 2. The molecule has 3 nitrogen and oxygen atoms in total. The zero-order chi connectivity index (χ0) is 20.2. The molecule has 0 aliphatic rings. The van der Waals surface area contributed by atoms with Crippen LogP contribution in [0.1, 0.15) is 38.3 Å². The maximum atomic E-state index is 15.2. The van der Waals surface area contributed by atoms with Gasteiger partial charge < -0.3 is 9.47 Å². The molecule has 0 heterocycles. The summed E-state index contributed by atoms with van der Waals surface area (Å²) < 4.78 is 26.5. The SMILES string of the molecule is CCCOCCOC(C)(C)C(F)CN(Cc1ccccc1)Cc1ccccc1. The fraction of sp³-hybridized carbons (Fsp3) is 0.500. The molecule has 1 atom stereocenters. The molecule has 0 radical (unpaired) electrons.